The number of aromatic carboxylic acids is 1. The molecule has 0 saturated heterocycles. The Balaban J connectivity index is 1.78. The summed E-state index contributed by atoms with van der Waals surface area (Å²) in [5, 5.41) is 12.9. The molecule has 3 atom stereocenters. The zero-order valence-corrected chi connectivity index (χ0v) is 14.7. The minimum Gasteiger partial charge on any atom is -0.497 e. The Hall–Kier alpha value is -2.95. The first kappa shape index (κ1) is 16.5. The van der Waals surface area contributed by atoms with Crippen LogP contribution >= 0.6 is 0 Å². The fourth-order valence-corrected chi connectivity index (χ4v) is 4.11. The fourth-order valence-electron chi connectivity index (χ4n) is 4.11. The molecule has 0 fully saturated rings. The first-order valence-electron chi connectivity index (χ1n) is 8.64. The maximum absolute atomic E-state index is 11.3. The minimum atomic E-state index is -0.898. The molecule has 0 unspecified atom stereocenters. The average Bonchev–Trinajstić information content (AvgIpc) is 3.16. The molecule has 4 rings (SSSR count). The van der Waals surface area contributed by atoms with Gasteiger partial charge in [-0.2, -0.15) is 0 Å². The largest absolute Gasteiger partial charge is 0.497 e. The van der Waals surface area contributed by atoms with Crippen molar-refractivity contribution in [3.63, 3.8) is 0 Å². The number of hydrogen-bond donors (Lipinski definition) is 2. The van der Waals surface area contributed by atoms with Gasteiger partial charge in [0.2, 0.25) is 0 Å². The summed E-state index contributed by atoms with van der Waals surface area (Å²) in [6.07, 6.45) is 5.32. The van der Waals surface area contributed by atoms with Crippen molar-refractivity contribution < 1.29 is 19.4 Å². The highest BCUT2D eigenvalue weighted by Gasteiger charge is 2.39. The molecule has 5 nitrogen and oxygen atoms in total. The van der Waals surface area contributed by atoms with Crippen molar-refractivity contribution in [2.45, 2.75) is 18.4 Å². The third-order valence-corrected chi connectivity index (χ3v) is 5.39. The number of carboxylic acids is 1. The van der Waals surface area contributed by atoms with Crippen molar-refractivity contribution in [2.24, 2.45) is 5.92 Å². The van der Waals surface area contributed by atoms with Gasteiger partial charge in [-0.1, -0.05) is 12.2 Å². The lowest BCUT2D eigenvalue weighted by molar-refractivity contribution is 0.0696. The normalized spacial score (nSPS) is 22.9. The van der Waals surface area contributed by atoms with Crippen molar-refractivity contribution in [3.8, 4) is 11.5 Å². The van der Waals surface area contributed by atoms with E-state index >= 15 is 0 Å². The molecule has 2 aromatic rings. The zero-order chi connectivity index (χ0) is 18.3. The Morgan fingerprint density at radius 1 is 1.12 bits per heavy atom. The molecule has 2 N–H and O–H groups in total. The molecule has 0 spiro atoms. The second kappa shape index (κ2) is 6.41. The van der Waals surface area contributed by atoms with Gasteiger partial charge < -0.3 is 19.9 Å². The molecule has 134 valence electrons. The van der Waals surface area contributed by atoms with Gasteiger partial charge in [0.15, 0.2) is 0 Å². The summed E-state index contributed by atoms with van der Waals surface area (Å²) in [5.41, 5.74) is 3.43. The van der Waals surface area contributed by atoms with Crippen LogP contribution in [0.25, 0.3) is 0 Å². The van der Waals surface area contributed by atoms with Crippen LogP contribution in [-0.2, 0) is 0 Å². The number of benzene rings is 2. The lowest BCUT2D eigenvalue weighted by atomic mass is 9.76. The van der Waals surface area contributed by atoms with E-state index in [2.05, 4.69) is 17.5 Å². The van der Waals surface area contributed by atoms with Gasteiger partial charge in [-0.05, 0) is 48.2 Å². The first-order valence-corrected chi connectivity index (χ1v) is 8.64. The fraction of sp³-hybridized carbons (Fsp3) is 0.286. The summed E-state index contributed by atoms with van der Waals surface area (Å²) in [4.78, 5) is 11.3. The summed E-state index contributed by atoms with van der Waals surface area (Å²) < 4.78 is 10.9. The summed E-state index contributed by atoms with van der Waals surface area (Å²) in [7, 11) is 3.30. The van der Waals surface area contributed by atoms with Crippen molar-refractivity contribution >= 4 is 11.7 Å². The molecular formula is C21H21NO4. The predicted molar refractivity (Wildman–Crippen MR) is 99.3 cm³/mol. The van der Waals surface area contributed by atoms with Crippen molar-refractivity contribution in [2.75, 3.05) is 19.5 Å². The molecule has 0 radical (unpaired) electrons. The number of carbonyl (C=O) groups is 1. The third kappa shape index (κ3) is 2.60. The van der Waals surface area contributed by atoms with E-state index in [1.165, 1.54) is 0 Å². The number of anilines is 1. The summed E-state index contributed by atoms with van der Waals surface area (Å²) in [6, 6.07) is 11.3. The Kier molecular flexibility index (Phi) is 4.07. The number of ether oxygens (including phenoxy) is 2. The van der Waals surface area contributed by atoms with Gasteiger partial charge in [0.05, 0.1) is 25.8 Å². The van der Waals surface area contributed by atoms with E-state index in [1.807, 2.05) is 24.3 Å². The van der Waals surface area contributed by atoms with E-state index in [9.17, 15) is 9.90 Å². The maximum Gasteiger partial charge on any atom is 0.335 e. The smallest absolute Gasteiger partial charge is 0.335 e. The van der Waals surface area contributed by atoms with Crippen molar-refractivity contribution in [1.29, 1.82) is 0 Å². The van der Waals surface area contributed by atoms with E-state index in [0.717, 1.165) is 34.7 Å². The predicted octanol–water partition coefficient (Wildman–Crippen LogP) is 4.23. The topological polar surface area (TPSA) is 67.8 Å². The lowest BCUT2D eigenvalue weighted by Gasteiger charge is -2.38. The molecule has 2 aliphatic rings. The lowest BCUT2D eigenvalue weighted by Crippen LogP contribution is -2.29. The van der Waals surface area contributed by atoms with Gasteiger partial charge in [0.25, 0.3) is 0 Å². The van der Waals surface area contributed by atoms with Gasteiger partial charge in [-0.25, -0.2) is 4.79 Å². The Morgan fingerprint density at radius 3 is 2.69 bits per heavy atom. The van der Waals surface area contributed by atoms with E-state index in [0.29, 0.717) is 11.5 Å². The second-order valence-electron chi connectivity index (χ2n) is 6.69. The minimum absolute atomic E-state index is 0.0824. The monoisotopic (exact) mass is 351 g/mol. The number of rotatable bonds is 4. The van der Waals surface area contributed by atoms with Crippen LogP contribution in [-0.4, -0.2) is 25.3 Å². The molecule has 1 aliphatic carbocycles. The van der Waals surface area contributed by atoms with Crippen molar-refractivity contribution in [3.05, 3.63) is 65.2 Å². The Morgan fingerprint density at radius 2 is 1.96 bits per heavy atom. The number of nitrogens with one attached hydrogen (secondary N) is 1. The van der Waals surface area contributed by atoms with Crippen LogP contribution in [0.2, 0.25) is 0 Å². The van der Waals surface area contributed by atoms with E-state index in [-0.39, 0.29) is 12.0 Å². The summed E-state index contributed by atoms with van der Waals surface area (Å²) in [6.45, 7) is 0. The van der Waals surface area contributed by atoms with Gasteiger partial charge in [-0.3, -0.25) is 0 Å². The van der Waals surface area contributed by atoms with Crippen molar-refractivity contribution in [1.82, 2.24) is 0 Å². The number of fused-ring (bicyclic) bond motifs is 3. The second-order valence-corrected chi connectivity index (χ2v) is 6.69. The van der Waals surface area contributed by atoms with Crippen LogP contribution in [0, 0.1) is 5.92 Å². The van der Waals surface area contributed by atoms with Crippen LogP contribution in [0.3, 0.4) is 0 Å². The van der Waals surface area contributed by atoms with Crippen LogP contribution in [0.5, 0.6) is 11.5 Å². The molecule has 2 aromatic carbocycles. The van der Waals surface area contributed by atoms with Gasteiger partial charge >= 0.3 is 5.97 Å². The SMILES string of the molecule is COc1ccc([C@@H]2Nc3ccc(C(=O)O)cc3[C@@H]3C=CC[C@@H]32)c(OC)c1. The van der Waals surface area contributed by atoms with Gasteiger partial charge in [-0.15, -0.1) is 0 Å². The van der Waals surface area contributed by atoms with Crippen LogP contribution in [0.4, 0.5) is 5.69 Å². The van der Waals surface area contributed by atoms with E-state index in [4.69, 9.17) is 9.47 Å². The first-order chi connectivity index (χ1) is 12.6. The molecule has 0 bridgehead atoms. The number of allylic oxidation sites excluding steroid dienone is 2. The molecule has 1 heterocycles. The Bertz CT molecular complexity index is 890. The number of carboxylic acid groups (broad SMARTS) is 1. The standard InChI is InChI=1S/C21H21NO4/c1-25-13-7-8-16(19(11-13)26-2)20-15-5-3-4-14(15)17-10-12(21(23)24)6-9-18(17)22-20/h3-4,6-11,14-15,20,22H,5H2,1-2H3,(H,23,24)/t14-,15+,20-/m1/s1. The van der Waals surface area contributed by atoms with Crippen LogP contribution < -0.4 is 14.8 Å². The molecule has 0 aromatic heterocycles. The molecular weight excluding hydrogens is 330 g/mol. The number of hydrogen-bond acceptors (Lipinski definition) is 4. The van der Waals surface area contributed by atoms with Gasteiger partial charge in [0, 0.05) is 23.2 Å². The zero-order valence-electron chi connectivity index (χ0n) is 14.7. The number of methoxy groups -OCH3 is 2. The molecule has 0 amide bonds. The van der Waals surface area contributed by atoms with Crippen LogP contribution in [0.15, 0.2) is 48.6 Å². The van der Waals surface area contributed by atoms with Crippen LogP contribution in [0.1, 0.15) is 39.9 Å². The summed E-state index contributed by atoms with van der Waals surface area (Å²) in [5.74, 6) is 1.16. The molecule has 26 heavy (non-hydrogen) atoms. The highest BCUT2D eigenvalue weighted by molar-refractivity contribution is 5.89. The molecule has 0 saturated carbocycles. The van der Waals surface area contributed by atoms with E-state index < -0.39 is 5.97 Å². The van der Waals surface area contributed by atoms with Gasteiger partial charge in [0.1, 0.15) is 11.5 Å². The quantitative estimate of drug-likeness (QED) is 0.807. The molecule has 1 aliphatic heterocycles. The maximum atomic E-state index is 11.3. The summed E-state index contributed by atoms with van der Waals surface area (Å²) >= 11 is 0. The highest BCUT2D eigenvalue weighted by atomic mass is 16.5. The third-order valence-electron chi connectivity index (χ3n) is 5.39. The molecule has 5 heteroatoms. The average molecular weight is 351 g/mol. The highest BCUT2D eigenvalue weighted by Crippen LogP contribution is 2.51. The Labute approximate surface area is 152 Å². The van der Waals surface area contributed by atoms with E-state index in [1.54, 1.807) is 26.4 Å².